The second kappa shape index (κ2) is 12.0. The Morgan fingerprint density at radius 2 is 1.36 bits per heavy atom. The number of nitrogens with zero attached hydrogens (tertiary/aromatic N) is 1. The van der Waals surface area contributed by atoms with Gasteiger partial charge in [0.25, 0.3) is 5.56 Å². The summed E-state index contributed by atoms with van der Waals surface area (Å²) in [5.41, 5.74) is 1.74. The van der Waals surface area contributed by atoms with Gasteiger partial charge in [-0.05, 0) is 34.8 Å². The standard InChI is InChI=1S/C34H41N3O4Si/c1-33(2,3)42(4,5)41-28-23-31(37-22-21-30(38)36-32(37)39)40-29(28)24-35-34(25-15-9-6-10-16-25,26-17-11-7-12-18-26)27-19-13-8-14-20-27/h6-22,28-29,31,35H,23-24H2,1-5H3,(H,36,38,39)/t28?,29-,31-/m0/s1. The number of rotatable bonds is 9. The highest BCUT2D eigenvalue weighted by atomic mass is 28.4. The van der Waals surface area contributed by atoms with Crippen molar-refractivity contribution in [3.8, 4) is 0 Å². The third-order valence-electron chi connectivity index (χ3n) is 8.78. The molecule has 0 amide bonds. The highest BCUT2D eigenvalue weighted by Crippen LogP contribution is 2.42. The molecular formula is C34H41N3O4Si. The van der Waals surface area contributed by atoms with Crippen LogP contribution in [0, 0.1) is 0 Å². The first-order chi connectivity index (χ1) is 20.0. The zero-order valence-corrected chi connectivity index (χ0v) is 26.0. The van der Waals surface area contributed by atoms with E-state index in [1.54, 1.807) is 0 Å². The first-order valence-corrected chi connectivity index (χ1v) is 17.5. The van der Waals surface area contributed by atoms with Crippen LogP contribution in [0.4, 0.5) is 0 Å². The van der Waals surface area contributed by atoms with Gasteiger partial charge in [0.05, 0.1) is 17.7 Å². The number of nitrogens with one attached hydrogen (secondary N) is 2. The molecule has 0 aliphatic carbocycles. The number of ether oxygens (including phenoxy) is 1. The van der Waals surface area contributed by atoms with Crippen molar-refractivity contribution in [2.24, 2.45) is 0 Å². The first-order valence-electron chi connectivity index (χ1n) is 14.6. The van der Waals surface area contributed by atoms with E-state index < -0.39 is 31.3 Å². The van der Waals surface area contributed by atoms with Crippen molar-refractivity contribution in [1.82, 2.24) is 14.9 Å². The molecule has 1 fully saturated rings. The third-order valence-corrected chi connectivity index (χ3v) is 13.3. The summed E-state index contributed by atoms with van der Waals surface area (Å²) in [6.45, 7) is 11.6. The molecule has 220 valence electrons. The van der Waals surface area contributed by atoms with Crippen LogP contribution in [0.3, 0.4) is 0 Å². The van der Waals surface area contributed by atoms with E-state index in [4.69, 9.17) is 9.16 Å². The molecule has 1 aliphatic rings. The van der Waals surface area contributed by atoms with E-state index >= 15 is 0 Å². The summed E-state index contributed by atoms with van der Waals surface area (Å²) in [5.74, 6) is 0. The number of hydrogen-bond donors (Lipinski definition) is 2. The van der Waals surface area contributed by atoms with Gasteiger partial charge in [-0.25, -0.2) is 4.79 Å². The zero-order valence-electron chi connectivity index (χ0n) is 25.0. The molecule has 1 saturated heterocycles. The average Bonchev–Trinajstić information content (AvgIpc) is 3.36. The van der Waals surface area contributed by atoms with Crippen LogP contribution >= 0.6 is 0 Å². The quantitative estimate of drug-likeness (QED) is 0.192. The van der Waals surface area contributed by atoms with Gasteiger partial charge in [0.2, 0.25) is 0 Å². The van der Waals surface area contributed by atoms with E-state index in [1.165, 1.54) is 16.8 Å². The molecule has 1 unspecified atom stereocenters. The minimum atomic E-state index is -2.18. The van der Waals surface area contributed by atoms with E-state index in [0.29, 0.717) is 13.0 Å². The van der Waals surface area contributed by atoms with Crippen molar-refractivity contribution in [2.75, 3.05) is 6.54 Å². The lowest BCUT2D eigenvalue weighted by molar-refractivity contribution is -0.0193. The van der Waals surface area contributed by atoms with Crippen LogP contribution in [0.25, 0.3) is 0 Å². The van der Waals surface area contributed by atoms with Crippen LogP contribution in [0.1, 0.15) is 50.1 Å². The summed E-state index contributed by atoms with van der Waals surface area (Å²) in [5, 5.41) is 3.94. The van der Waals surface area contributed by atoms with Crippen LogP contribution in [0.5, 0.6) is 0 Å². The van der Waals surface area contributed by atoms with Crippen LogP contribution < -0.4 is 16.6 Å². The number of hydrogen-bond acceptors (Lipinski definition) is 5. The summed E-state index contributed by atoms with van der Waals surface area (Å²) in [4.78, 5) is 26.9. The van der Waals surface area contributed by atoms with Crippen LogP contribution in [-0.2, 0) is 14.7 Å². The fourth-order valence-corrected chi connectivity index (χ4v) is 6.87. The normalized spacial score (nSPS) is 19.6. The molecule has 0 radical (unpaired) electrons. The van der Waals surface area contributed by atoms with Gasteiger partial charge in [-0.1, -0.05) is 112 Å². The molecule has 0 bridgehead atoms. The second-order valence-corrected chi connectivity index (χ2v) is 17.3. The lowest BCUT2D eigenvalue weighted by Gasteiger charge is -2.41. The second-order valence-electron chi connectivity index (χ2n) is 12.5. The van der Waals surface area contributed by atoms with Crippen molar-refractivity contribution >= 4 is 8.32 Å². The van der Waals surface area contributed by atoms with E-state index in [0.717, 1.165) is 16.7 Å². The Kier molecular flexibility index (Phi) is 8.53. The minimum absolute atomic E-state index is 0.000238. The molecule has 2 heterocycles. The SMILES string of the molecule is CC(C)(C)[Si](C)(C)OC1C[C@@H](n2ccc(=O)[nH]c2=O)O[C@H]1CNC(c1ccccc1)(c1ccccc1)c1ccccc1. The van der Waals surface area contributed by atoms with Gasteiger partial charge >= 0.3 is 5.69 Å². The van der Waals surface area contributed by atoms with Crippen molar-refractivity contribution < 1.29 is 9.16 Å². The van der Waals surface area contributed by atoms with Crippen molar-refractivity contribution in [3.63, 3.8) is 0 Å². The molecule has 3 aromatic carbocycles. The Morgan fingerprint density at radius 1 is 0.857 bits per heavy atom. The Bertz CT molecular complexity index is 1480. The molecule has 1 aromatic heterocycles. The van der Waals surface area contributed by atoms with Crippen molar-refractivity contribution in [1.29, 1.82) is 0 Å². The average molecular weight is 584 g/mol. The van der Waals surface area contributed by atoms with Gasteiger partial charge < -0.3 is 9.16 Å². The molecule has 2 N–H and O–H groups in total. The summed E-state index contributed by atoms with van der Waals surface area (Å²) in [6.07, 6.45) is 0.851. The number of benzene rings is 3. The Balaban J connectivity index is 1.56. The molecule has 5 rings (SSSR count). The Hall–Kier alpha value is -3.56. The van der Waals surface area contributed by atoms with E-state index in [2.05, 4.69) is 117 Å². The van der Waals surface area contributed by atoms with E-state index in [9.17, 15) is 9.59 Å². The fraction of sp³-hybridized carbons (Fsp3) is 0.353. The Morgan fingerprint density at radius 3 is 1.81 bits per heavy atom. The molecule has 4 aromatic rings. The van der Waals surface area contributed by atoms with Gasteiger partial charge in [0, 0.05) is 25.2 Å². The van der Waals surface area contributed by atoms with Crippen LogP contribution in [0.2, 0.25) is 18.1 Å². The lowest BCUT2D eigenvalue weighted by Crippen LogP contribution is -2.51. The topological polar surface area (TPSA) is 85.4 Å². The molecule has 8 heteroatoms. The van der Waals surface area contributed by atoms with E-state index in [1.807, 2.05) is 18.2 Å². The van der Waals surface area contributed by atoms with E-state index in [-0.39, 0.29) is 17.2 Å². The summed E-state index contributed by atoms with van der Waals surface area (Å²) in [7, 11) is -2.18. The fourth-order valence-electron chi connectivity index (χ4n) is 5.51. The van der Waals surface area contributed by atoms with Gasteiger partial charge in [0.15, 0.2) is 8.32 Å². The maximum Gasteiger partial charge on any atom is 0.330 e. The smallest absolute Gasteiger partial charge is 0.330 e. The molecule has 0 saturated carbocycles. The lowest BCUT2D eigenvalue weighted by atomic mass is 9.77. The zero-order chi connectivity index (χ0) is 30.0. The molecule has 0 spiro atoms. The third kappa shape index (κ3) is 5.98. The molecule has 3 atom stereocenters. The predicted octanol–water partition coefficient (Wildman–Crippen LogP) is 5.80. The maximum absolute atomic E-state index is 12.7. The first kappa shape index (κ1) is 29.9. The maximum atomic E-state index is 12.7. The molecule has 42 heavy (non-hydrogen) atoms. The largest absolute Gasteiger partial charge is 0.411 e. The summed E-state index contributed by atoms with van der Waals surface area (Å²) < 4.78 is 15.0. The van der Waals surface area contributed by atoms with Gasteiger partial charge in [-0.2, -0.15) is 0 Å². The minimum Gasteiger partial charge on any atom is -0.411 e. The van der Waals surface area contributed by atoms with Gasteiger partial charge in [-0.15, -0.1) is 0 Å². The monoisotopic (exact) mass is 583 g/mol. The molecular weight excluding hydrogens is 542 g/mol. The van der Waals surface area contributed by atoms with Gasteiger partial charge in [0.1, 0.15) is 6.23 Å². The summed E-state index contributed by atoms with van der Waals surface area (Å²) >= 11 is 0. The number of H-pyrrole nitrogens is 1. The van der Waals surface area contributed by atoms with Crippen LogP contribution in [0.15, 0.2) is 113 Å². The number of aromatic amines is 1. The van der Waals surface area contributed by atoms with Crippen LogP contribution in [-0.4, -0.2) is 36.6 Å². The predicted molar refractivity (Wildman–Crippen MR) is 169 cm³/mol. The number of aromatic nitrogens is 2. The van der Waals surface area contributed by atoms with Gasteiger partial charge in [-0.3, -0.25) is 19.7 Å². The van der Waals surface area contributed by atoms with Crippen molar-refractivity contribution in [3.05, 3.63) is 141 Å². The summed E-state index contributed by atoms with van der Waals surface area (Å²) in [6, 6.07) is 32.7. The highest BCUT2D eigenvalue weighted by molar-refractivity contribution is 6.74. The molecule has 7 nitrogen and oxygen atoms in total. The Labute approximate surface area is 248 Å². The molecule has 1 aliphatic heterocycles. The van der Waals surface area contributed by atoms with Crippen molar-refractivity contribution in [2.45, 2.75) is 69.3 Å². The highest BCUT2D eigenvalue weighted by Gasteiger charge is 2.46.